The number of benzene rings is 2. The fourth-order valence-electron chi connectivity index (χ4n) is 2.02. The molecule has 0 N–H and O–H groups in total. The normalized spacial score (nSPS) is 11.4. The van der Waals surface area contributed by atoms with Crippen molar-refractivity contribution in [3.8, 4) is 5.75 Å². The van der Waals surface area contributed by atoms with Gasteiger partial charge in [-0.1, -0.05) is 36.4 Å². The Kier molecular flexibility index (Phi) is 4.37. The second-order valence-electron chi connectivity index (χ2n) is 4.67. The standard InChI is InChI=1S/C15H15BF3O/c1-20-15-4-2-3-13(11-15)6-5-12-7-9-14(10-8-12)16(17,18)19/h2-4,7-11H,5-6H2,1H3/q-1. The van der Waals surface area contributed by atoms with Crippen LogP contribution in [0.25, 0.3) is 0 Å². The molecule has 0 aromatic heterocycles. The van der Waals surface area contributed by atoms with E-state index < -0.39 is 12.4 Å². The van der Waals surface area contributed by atoms with Crippen molar-refractivity contribution in [3.05, 3.63) is 59.7 Å². The zero-order chi connectivity index (χ0) is 14.6. The molecule has 0 atom stereocenters. The highest BCUT2D eigenvalue weighted by Crippen LogP contribution is 2.15. The third-order valence-corrected chi connectivity index (χ3v) is 3.19. The lowest BCUT2D eigenvalue weighted by molar-refractivity contribution is 0.414. The van der Waals surface area contributed by atoms with Crippen LogP contribution < -0.4 is 10.2 Å². The van der Waals surface area contributed by atoms with Crippen molar-refractivity contribution in [2.75, 3.05) is 7.11 Å². The highest BCUT2D eigenvalue weighted by atomic mass is 19.4. The Labute approximate surface area is 116 Å². The minimum Gasteiger partial charge on any atom is -0.497 e. The summed E-state index contributed by atoms with van der Waals surface area (Å²) in [5, 5.41) is 0. The third-order valence-electron chi connectivity index (χ3n) is 3.19. The summed E-state index contributed by atoms with van der Waals surface area (Å²) in [5.41, 5.74) is 1.46. The first-order chi connectivity index (χ1) is 9.49. The van der Waals surface area contributed by atoms with Gasteiger partial charge in [0, 0.05) is 0 Å². The van der Waals surface area contributed by atoms with Crippen molar-refractivity contribution >= 4 is 12.4 Å². The SMILES string of the molecule is COc1cccc(CCc2ccc([B-](F)(F)F)cc2)c1. The van der Waals surface area contributed by atoms with Crippen LogP contribution >= 0.6 is 0 Å². The van der Waals surface area contributed by atoms with Crippen molar-refractivity contribution in [2.45, 2.75) is 12.8 Å². The van der Waals surface area contributed by atoms with E-state index in [0.29, 0.717) is 6.42 Å². The molecule has 0 radical (unpaired) electrons. The highest BCUT2D eigenvalue weighted by Gasteiger charge is 2.24. The predicted molar refractivity (Wildman–Crippen MR) is 75.6 cm³/mol. The molecule has 0 bridgehead atoms. The van der Waals surface area contributed by atoms with Crippen molar-refractivity contribution in [2.24, 2.45) is 0 Å². The van der Waals surface area contributed by atoms with Gasteiger partial charge in [0.1, 0.15) is 5.75 Å². The number of halogens is 3. The topological polar surface area (TPSA) is 9.23 Å². The quantitative estimate of drug-likeness (QED) is 0.761. The molecule has 2 aromatic carbocycles. The molecule has 0 aliphatic carbocycles. The van der Waals surface area contributed by atoms with Gasteiger partial charge >= 0.3 is 6.98 Å². The van der Waals surface area contributed by atoms with Gasteiger partial charge in [0.2, 0.25) is 0 Å². The molecule has 0 amide bonds. The van der Waals surface area contributed by atoms with E-state index in [1.54, 1.807) is 19.2 Å². The first-order valence-corrected chi connectivity index (χ1v) is 6.41. The van der Waals surface area contributed by atoms with Crippen LogP contribution in [0.3, 0.4) is 0 Å². The Bertz CT molecular complexity index is 564. The van der Waals surface area contributed by atoms with Crippen LogP contribution in [0.2, 0.25) is 0 Å². The van der Waals surface area contributed by atoms with E-state index in [9.17, 15) is 12.9 Å². The van der Waals surface area contributed by atoms with Crippen molar-refractivity contribution in [1.82, 2.24) is 0 Å². The molecule has 1 nitrogen and oxygen atoms in total. The molecule has 0 saturated heterocycles. The molecule has 5 heteroatoms. The van der Waals surface area contributed by atoms with Crippen molar-refractivity contribution < 1.29 is 17.7 Å². The summed E-state index contributed by atoms with van der Waals surface area (Å²) in [7, 11) is 1.61. The lowest BCUT2D eigenvalue weighted by Gasteiger charge is -2.14. The molecule has 0 aliphatic heterocycles. The summed E-state index contributed by atoms with van der Waals surface area (Å²) in [6.45, 7) is -4.90. The highest BCUT2D eigenvalue weighted by molar-refractivity contribution is 6.73. The van der Waals surface area contributed by atoms with Crippen LogP contribution in [-0.4, -0.2) is 14.1 Å². The molecule has 106 valence electrons. The van der Waals surface area contributed by atoms with Gasteiger partial charge in [-0.2, -0.15) is 0 Å². The van der Waals surface area contributed by atoms with Gasteiger partial charge in [0.25, 0.3) is 0 Å². The third kappa shape index (κ3) is 3.79. The van der Waals surface area contributed by atoms with Crippen LogP contribution in [-0.2, 0) is 12.8 Å². The Morgan fingerprint density at radius 1 is 0.900 bits per heavy atom. The van der Waals surface area contributed by atoms with Crippen LogP contribution in [0.15, 0.2) is 48.5 Å². The zero-order valence-electron chi connectivity index (χ0n) is 11.2. The van der Waals surface area contributed by atoms with Gasteiger partial charge in [-0.3, -0.25) is 0 Å². The molecule has 0 heterocycles. The minimum absolute atomic E-state index is 0.546. The number of aryl methyl sites for hydroxylation is 2. The smallest absolute Gasteiger partial charge is 0.497 e. The summed E-state index contributed by atoms with van der Waals surface area (Å²) in [6.07, 6.45) is 1.48. The number of rotatable bonds is 5. The summed E-state index contributed by atoms with van der Waals surface area (Å²) in [6, 6.07) is 13.1. The summed E-state index contributed by atoms with van der Waals surface area (Å²) < 4.78 is 42.6. The van der Waals surface area contributed by atoms with Crippen LogP contribution in [0.4, 0.5) is 12.9 Å². The van der Waals surface area contributed by atoms with Gasteiger partial charge in [-0.05, 0) is 36.1 Å². The average Bonchev–Trinajstić information content (AvgIpc) is 2.45. The molecule has 0 saturated carbocycles. The fourth-order valence-corrected chi connectivity index (χ4v) is 2.02. The van der Waals surface area contributed by atoms with E-state index in [4.69, 9.17) is 4.74 Å². The second-order valence-corrected chi connectivity index (χ2v) is 4.67. The van der Waals surface area contributed by atoms with Gasteiger partial charge in [-0.25, -0.2) is 0 Å². The van der Waals surface area contributed by atoms with Crippen LogP contribution in [0, 0.1) is 0 Å². The first-order valence-electron chi connectivity index (χ1n) is 6.41. The number of hydrogen-bond acceptors (Lipinski definition) is 1. The first kappa shape index (κ1) is 14.5. The van der Waals surface area contributed by atoms with E-state index in [-0.39, 0.29) is 0 Å². The van der Waals surface area contributed by atoms with Gasteiger partial charge in [0.15, 0.2) is 0 Å². The van der Waals surface area contributed by atoms with Crippen LogP contribution in [0.5, 0.6) is 5.75 Å². The molecule has 0 unspecified atom stereocenters. The summed E-state index contributed by atoms with van der Waals surface area (Å²) in [4.78, 5) is 0. The molecular weight excluding hydrogens is 264 g/mol. The van der Waals surface area contributed by atoms with Gasteiger partial charge in [0.05, 0.1) is 7.11 Å². The van der Waals surface area contributed by atoms with Gasteiger partial charge in [-0.15, -0.1) is 5.46 Å². The Hall–Kier alpha value is -1.91. The summed E-state index contributed by atoms with van der Waals surface area (Å²) in [5.74, 6) is 0.789. The lowest BCUT2D eigenvalue weighted by atomic mass is 9.80. The van der Waals surface area contributed by atoms with Crippen molar-refractivity contribution in [1.29, 1.82) is 0 Å². The van der Waals surface area contributed by atoms with Gasteiger partial charge < -0.3 is 17.7 Å². The average molecular weight is 279 g/mol. The Balaban J connectivity index is 2.00. The Morgan fingerprint density at radius 2 is 1.55 bits per heavy atom. The van der Waals surface area contributed by atoms with E-state index >= 15 is 0 Å². The molecule has 2 rings (SSSR count). The number of hydrogen-bond donors (Lipinski definition) is 0. The largest absolute Gasteiger partial charge is 0.509 e. The monoisotopic (exact) mass is 279 g/mol. The molecule has 0 aliphatic rings. The predicted octanol–water partition coefficient (Wildman–Crippen LogP) is 3.53. The van der Waals surface area contributed by atoms with Crippen LogP contribution in [0.1, 0.15) is 11.1 Å². The second kappa shape index (κ2) is 6.03. The maximum absolute atomic E-state index is 12.5. The molecule has 20 heavy (non-hydrogen) atoms. The van der Waals surface area contributed by atoms with E-state index in [0.717, 1.165) is 35.4 Å². The molecule has 0 fully saturated rings. The van der Waals surface area contributed by atoms with Crippen molar-refractivity contribution in [3.63, 3.8) is 0 Å². The lowest BCUT2D eigenvalue weighted by Crippen LogP contribution is -2.33. The molecule has 0 spiro atoms. The number of ether oxygens (including phenoxy) is 1. The molecule has 2 aromatic rings. The zero-order valence-corrected chi connectivity index (χ0v) is 11.2. The maximum atomic E-state index is 12.5. The number of methoxy groups -OCH3 is 1. The summed E-state index contributed by atoms with van der Waals surface area (Å²) >= 11 is 0. The fraction of sp³-hybridized carbons (Fsp3) is 0.200. The minimum atomic E-state index is -4.90. The molecular formula is C15H15BF3O-. The van der Waals surface area contributed by atoms with E-state index in [2.05, 4.69) is 0 Å². The Morgan fingerprint density at radius 3 is 2.15 bits per heavy atom. The maximum Gasteiger partial charge on any atom is 0.509 e. The van der Waals surface area contributed by atoms with E-state index in [1.165, 1.54) is 0 Å². The van der Waals surface area contributed by atoms with E-state index in [1.807, 2.05) is 24.3 Å².